The Kier molecular flexibility index (Phi) is 6.08. The Morgan fingerprint density at radius 1 is 0.893 bits per heavy atom. The molecule has 144 valence electrons. The van der Waals surface area contributed by atoms with Crippen LogP contribution in [-0.2, 0) is 20.3 Å². The lowest BCUT2D eigenvalue weighted by atomic mass is 10.00. The first kappa shape index (κ1) is 20.4. The van der Waals surface area contributed by atoms with Crippen LogP contribution < -0.4 is 0 Å². The number of carbonyl (C=O) groups excluding carboxylic acids is 1. The number of sulfone groups is 1. The van der Waals surface area contributed by atoms with Crippen LogP contribution in [0.4, 0.5) is 0 Å². The van der Waals surface area contributed by atoms with E-state index in [-0.39, 0.29) is 20.5 Å². The largest absolute Gasteiger partial charge is 0.465 e. The molecule has 0 atom stereocenters. The molecule has 0 aliphatic carbocycles. The molecule has 0 unspecified atom stereocenters. The van der Waals surface area contributed by atoms with Gasteiger partial charge in [0.05, 0.1) is 23.3 Å². The summed E-state index contributed by atoms with van der Waals surface area (Å²) in [5.74, 6) is -0.997. The zero-order valence-corrected chi connectivity index (χ0v) is 17.2. The quantitative estimate of drug-likeness (QED) is 0.502. The molecule has 7 heteroatoms. The molecule has 0 radical (unpaired) electrons. The number of methoxy groups -OCH3 is 1. The molecule has 0 spiro atoms. The average Bonchev–Trinajstić information content (AvgIpc) is 2.67. The molecular formula is C21H16Cl2O4S. The van der Waals surface area contributed by atoms with Crippen LogP contribution in [0, 0.1) is 0 Å². The van der Waals surface area contributed by atoms with Gasteiger partial charge < -0.3 is 4.74 Å². The summed E-state index contributed by atoms with van der Waals surface area (Å²) in [4.78, 5) is 12.1. The van der Waals surface area contributed by atoms with Gasteiger partial charge in [-0.2, -0.15) is 0 Å². The van der Waals surface area contributed by atoms with Gasteiger partial charge >= 0.3 is 5.97 Å². The van der Waals surface area contributed by atoms with Crippen LogP contribution in [0.3, 0.4) is 0 Å². The number of halogens is 2. The first-order chi connectivity index (χ1) is 13.3. The second-order valence-corrected chi connectivity index (χ2v) is 8.96. The van der Waals surface area contributed by atoms with Gasteiger partial charge in [0.2, 0.25) is 0 Å². The van der Waals surface area contributed by atoms with E-state index in [9.17, 15) is 13.2 Å². The fraction of sp³-hybridized carbons (Fsp3) is 0.0952. The fourth-order valence-corrected chi connectivity index (χ4v) is 4.91. The van der Waals surface area contributed by atoms with Crippen molar-refractivity contribution in [3.8, 4) is 11.1 Å². The Balaban J connectivity index is 2.09. The van der Waals surface area contributed by atoms with E-state index in [1.54, 1.807) is 18.2 Å². The maximum atomic E-state index is 12.9. The summed E-state index contributed by atoms with van der Waals surface area (Å²) >= 11 is 11.9. The van der Waals surface area contributed by atoms with Crippen LogP contribution >= 0.6 is 23.2 Å². The highest BCUT2D eigenvalue weighted by Gasteiger charge is 2.22. The standard InChI is InChI=1S/C21H16Cl2O4S/c1-27-21(24)20-8-7-15(14-5-3-2-4-6-14)9-16(20)13-28(25,26)19-11-17(22)10-18(23)12-19/h2-12H,13H2,1H3. The molecule has 28 heavy (non-hydrogen) atoms. The lowest BCUT2D eigenvalue weighted by Crippen LogP contribution is -2.11. The minimum atomic E-state index is -3.80. The van der Waals surface area contributed by atoms with Gasteiger partial charge in [0, 0.05) is 10.0 Å². The van der Waals surface area contributed by atoms with Gasteiger partial charge in [-0.15, -0.1) is 0 Å². The zero-order valence-electron chi connectivity index (χ0n) is 14.9. The third-order valence-electron chi connectivity index (χ3n) is 4.16. The molecule has 0 aliphatic heterocycles. The summed E-state index contributed by atoms with van der Waals surface area (Å²) in [6.45, 7) is 0. The van der Waals surface area contributed by atoms with E-state index < -0.39 is 21.6 Å². The molecule has 0 amide bonds. The maximum absolute atomic E-state index is 12.9. The fourth-order valence-electron chi connectivity index (χ4n) is 2.83. The highest BCUT2D eigenvalue weighted by Crippen LogP contribution is 2.28. The Bertz CT molecular complexity index is 1110. The van der Waals surface area contributed by atoms with Gasteiger partial charge in [-0.05, 0) is 47.0 Å². The lowest BCUT2D eigenvalue weighted by molar-refractivity contribution is 0.0600. The number of benzene rings is 3. The van der Waals surface area contributed by atoms with Gasteiger partial charge in [-0.3, -0.25) is 0 Å². The molecule has 0 aromatic heterocycles. The van der Waals surface area contributed by atoms with E-state index in [1.807, 2.05) is 30.3 Å². The van der Waals surface area contributed by atoms with Crippen molar-refractivity contribution in [1.29, 1.82) is 0 Å². The highest BCUT2D eigenvalue weighted by molar-refractivity contribution is 7.90. The summed E-state index contributed by atoms with van der Waals surface area (Å²) in [5.41, 5.74) is 2.23. The Morgan fingerprint density at radius 2 is 1.54 bits per heavy atom. The van der Waals surface area contributed by atoms with E-state index >= 15 is 0 Å². The van der Waals surface area contributed by atoms with Crippen LogP contribution in [0.2, 0.25) is 10.0 Å². The third-order valence-corrected chi connectivity index (χ3v) is 6.24. The molecule has 0 N–H and O–H groups in total. The van der Waals surface area contributed by atoms with Gasteiger partial charge in [0.15, 0.2) is 9.84 Å². The minimum Gasteiger partial charge on any atom is -0.465 e. The van der Waals surface area contributed by atoms with E-state index in [0.717, 1.165) is 11.1 Å². The van der Waals surface area contributed by atoms with Gasteiger partial charge in [0.1, 0.15) is 0 Å². The van der Waals surface area contributed by atoms with Crippen molar-refractivity contribution < 1.29 is 17.9 Å². The van der Waals surface area contributed by atoms with Gasteiger partial charge in [0.25, 0.3) is 0 Å². The Morgan fingerprint density at radius 3 is 2.14 bits per heavy atom. The van der Waals surface area contributed by atoms with Crippen LogP contribution in [0.5, 0.6) is 0 Å². The van der Waals surface area contributed by atoms with Crippen LogP contribution in [0.25, 0.3) is 11.1 Å². The normalized spacial score (nSPS) is 11.2. The SMILES string of the molecule is COC(=O)c1ccc(-c2ccccc2)cc1CS(=O)(=O)c1cc(Cl)cc(Cl)c1. The second kappa shape index (κ2) is 8.35. The first-order valence-electron chi connectivity index (χ1n) is 8.25. The Labute approximate surface area is 173 Å². The monoisotopic (exact) mass is 434 g/mol. The maximum Gasteiger partial charge on any atom is 0.338 e. The molecule has 0 saturated carbocycles. The minimum absolute atomic E-state index is 0.00840. The molecule has 0 fully saturated rings. The van der Waals surface area contributed by atoms with Crippen LogP contribution in [0.1, 0.15) is 15.9 Å². The van der Waals surface area contributed by atoms with Crippen molar-refractivity contribution in [3.05, 3.63) is 87.9 Å². The molecule has 0 heterocycles. The van der Waals surface area contributed by atoms with Crippen molar-refractivity contribution >= 4 is 39.0 Å². The van der Waals surface area contributed by atoms with Crippen molar-refractivity contribution in [2.24, 2.45) is 0 Å². The predicted octanol–water partition coefficient (Wildman–Crippen LogP) is 5.42. The summed E-state index contributed by atoms with van der Waals surface area (Å²) in [6.07, 6.45) is 0. The van der Waals surface area contributed by atoms with Crippen molar-refractivity contribution in [1.82, 2.24) is 0 Å². The Hall–Kier alpha value is -2.34. The number of esters is 1. The molecule has 0 bridgehead atoms. The molecular weight excluding hydrogens is 419 g/mol. The number of hydrogen-bond acceptors (Lipinski definition) is 4. The third kappa shape index (κ3) is 4.55. The summed E-state index contributed by atoms with van der Waals surface area (Å²) in [5, 5.41) is 0.439. The van der Waals surface area contributed by atoms with Gasteiger partial charge in [-0.1, -0.05) is 59.6 Å². The molecule has 0 aliphatic rings. The van der Waals surface area contributed by atoms with E-state index in [0.29, 0.717) is 5.56 Å². The molecule has 3 rings (SSSR count). The second-order valence-electron chi connectivity index (χ2n) is 6.09. The van der Waals surface area contributed by atoms with E-state index in [1.165, 1.54) is 25.3 Å². The average molecular weight is 435 g/mol. The van der Waals surface area contributed by atoms with E-state index in [4.69, 9.17) is 27.9 Å². The smallest absolute Gasteiger partial charge is 0.338 e. The zero-order chi connectivity index (χ0) is 20.3. The van der Waals surface area contributed by atoms with Crippen LogP contribution in [-0.4, -0.2) is 21.5 Å². The molecule has 0 saturated heterocycles. The summed E-state index contributed by atoms with van der Waals surface area (Å²) in [7, 11) is -2.55. The molecule has 4 nitrogen and oxygen atoms in total. The summed E-state index contributed by atoms with van der Waals surface area (Å²) in [6, 6.07) is 18.6. The lowest BCUT2D eigenvalue weighted by Gasteiger charge is -2.12. The van der Waals surface area contributed by atoms with Crippen molar-refractivity contribution in [2.45, 2.75) is 10.6 Å². The highest BCUT2D eigenvalue weighted by atomic mass is 35.5. The van der Waals surface area contributed by atoms with Crippen molar-refractivity contribution in [2.75, 3.05) is 7.11 Å². The number of hydrogen-bond donors (Lipinski definition) is 0. The first-order valence-corrected chi connectivity index (χ1v) is 10.7. The number of rotatable bonds is 5. The van der Waals surface area contributed by atoms with Crippen molar-refractivity contribution in [3.63, 3.8) is 0 Å². The van der Waals surface area contributed by atoms with Crippen LogP contribution in [0.15, 0.2) is 71.6 Å². The molecule has 3 aromatic rings. The topological polar surface area (TPSA) is 60.4 Å². The predicted molar refractivity (Wildman–Crippen MR) is 111 cm³/mol. The van der Waals surface area contributed by atoms with Gasteiger partial charge in [-0.25, -0.2) is 13.2 Å². The van der Waals surface area contributed by atoms with E-state index in [2.05, 4.69) is 0 Å². The molecule has 3 aromatic carbocycles. The number of ether oxygens (including phenoxy) is 1. The number of carbonyl (C=O) groups is 1. The summed E-state index contributed by atoms with van der Waals surface area (Å²) < 4.78 is 30.7.